The molecule has 0 aromatic rings. The Morgan fingerprint density at radius 2 is 1.89 bits per heavy atom. The molecule has 2 atom stereocenters. The Labute approximate surface area is 120 Å². The van der Waals surface area contributed by atoms with Gasteiger partial charge in [0.05, 0.1) is 0 Å². The van der Waals surface area contributed by atoms with Gasteiger partial charge in [0.25, 0.3) is 0 Å². The van der Waals surface area contributed by atoms with Crippen molar-refractivity contribution >= 4 is 0 Å². The van der Waals surface area contributed by atoms with Gasteiger partial charge in [-0.3, -0.25) is 0 Å². The van der Waals surface area contributed by atoms with Crippen LogP contribution in [0.15, 0.2) is 0 Å². The van der Waals surface area contributed by atoms with Crippen molar-refractivity contribution in [3.63, 3.8) is 0 Å². The van der Waals surface area contributed by atoms with E-state index in [9.17, 15) is 0 Å². The lowest BCUT2D eigenvalue weighted by Crippen LogP contribution is -2.43. The molecule has 0 radical (unpaired) electrons. The number of rotatable bonds is 7. The van der Waals surface area contributed by atoms with Crippen LogP contribution in [0.4, 0.5) is 0 Å². The minimum absolute atomic E-state index is 0.467. The molecule has 1 N–H and O–H groups in total. The first-order chi connectivity index (χ1) is 9.15. The highest BCUT2D eigenvalue weighted by Crippen LogP contribution is 2.27. The van der Waals surface area contributed by atoms with Crippen molar-refractivity contribution in [2.75, 3.05) is 26.2 Å². The van der Waals surface area contributed by atoms with Crippen molar-refractivity contribution in [2.24, 2.45) is 11.3 Å². The number of hydrogen-bond donors (Lipinski definition) is 1. The topological polar surface area (TPSA) is 15.3 Å². The van der Waals surface area contributed by atoms with Crippen molar-refractivity contribution in [3.8, 4) is 0 Å². The zero-order chi connectivity index (χ0) is 13.7. The summed E-state index contributed by atoms with van der Waals surface area (Å²) in [6.45, 7) is 12.4. The Morgan fingerprint density at radius 1 is 1.11 bits per heavy atom. The van der Waals surface area contributed by atoms with E-state index in [0.717, 1.165) is 12.0 Å². The number of nitrogens with one attached hydrogen (secondary N) is 1. The Kier molecular flexibility index (Phi) is 5.70. The summed E-state index contributed by atoms with van der Waals surface area (Å²) < 4.78 is 0. The van der Waals surface area contributed by atoms with Crippen molar-refractivity contribution < 1.29 is 0 Å². The maximum atomic E-state index is 3.75. The van der Waals surface area contributed by atoms with Crippen LogP contribution in [0.3, 0.4) is 0 Å². The minimum Gasteiger partial charge on any atom is -0.313 e. The number of nitrogens with zero attached hydrogens (tertiary/aromatic N) is 1. The molecule has 112 valence electrons. The van der Waals surface area contributed by atoms with Gasteiger partial charge >= 0.3 is 0 Å². The standard InChI is InChI=1S/C17H34N2/c1-4-15-7-6-11-19(12-10-15)14-17(3,5-2)13-18-16-8-9-16/h15-16,18H,4-14H2,1-3H3. The van der Waals surface area contributed by atoms with Crippen LogP contribution in [0.5, 0.6) is 0 Å². The lowest BCUT2D eigenvalue weighted by atomic mass is 9.86. The van der Waals surface area contributed by atoms with Crippen LogP contribution >= 0.6 is 0 Å². The summed E-state index contributed by atoms with van der Waals surface area (Å²) in [5, 5.41) is 3.75. The highest BCUT2D eigenvalue weighted by atomic mass is 15.1. The number of hydrogen-bond acceptors (Lipinski definition) is 2. The van der Waals surface area contributed by atoms with E-state index in [0.29, 0.717) is 5.41 Å². The molecule has 1 saturated carbocycles. The first-order valence-electron chi connectivity index (χ1n) is 8.61. The zero-order valence-corrected chi connectivity index (χ0v) is 13.4. The first kappa shape index (κ1) is 15.3. The van der Waals surface area contributed by atoms with Gasteiger partial charge in [0, 0.05) is 19.1 Å². The zero-order valence-electron chi connectivity index (χ0n) is 13.4. The van der Waals surface area contributed by atoms with Crippen molar-refractivity contribution in [1.82, 2.24) is 10.2 Å². The molecule has 0 bridgehead atoms. The van der Waals surface area contributed by atoms with E-state index < -0.39 is 0 Å². The van der Waals surface area contributed by atoms with E-state index in [4.69, 9.17) is 0 Å². The molecular formula is C17H34N2. The highest BCUT2D eigenvalue weighted by molar-refractivity contribution is 4.87. The summed E-state index contributed by atoms with van der Waals surface area (Å²) in [5.74, 6) is 0.988. The van der Waals surface area contributed by atoms with Crippen LogP contribution in [0.2, 0.25) is 0 Å². The van der Waals surface area contributed by atoms with Crippen LogP contribution in [-0.4, -0.2) is 37.1 Å². The monoisotopic (exact) mass is 266 g/mol. The van der Waals surface area contributed by atoms with Crippen LogP contribution in [0.25, 0.3) is 0 Å². The summed E-state index contributed by atoms with van der Waals surface area (Å²) in [4.78, 5) is 2.74. The van der Waals surface area contributed by atoms with E-state index in [1.54, 1.807) is 0 Å². The van der Waals surface area contributed by atoms with Gasteiger partial charge in [-0.05, 0) is 62.9 Å². The predicted molar refractivity (Wildman–Crippen MR) is 83.5 cm³/mol. The summed E-state index contributed by atoms with van der Waals surface area (Å²) in [6.07, 6.45) is 9.77. The van der Waals surface area contributed by atoms with E-state index in [1.807, 2.05) is 0 Å². The second-order valence-electron chi connectivity index (χ2n) is 7.30. The quantitative estimate of drug-likeness (QED) is 0.756. The Balaban J connectivity index is 1.78. The molecule has 1 heterocycles. The van der Waals surface area contributed by atoms with Gasteiger partial charge in [0.2, 0.25) is 0 Å². The average molecular weight is 266 g/mol. The maximum Gasteiger partial charge on any atom is 0.00684 e. The highest BCUT2D eigenvalue weighted by Gasteiger charge is 2.29. The van der Waals surface area contributed by atoms with Crippen molar-refractivity contribution in [3.05, 3.63) is 0 Å². The molecule has 0 aromatic heterocycles. The van der Waals surface area contributed by atoms with Crippen molar-refractivity contribution in [2.45, 2.75) is 71.8 Å². The summed E-state index contributed by atoms with van der Waals surface area (Å²) in [6, 6.07) is 0.847. The third-order valence-corrected chi connectivity index (χ3v) is 5.37. The second-order valence-corrected chi connectivity index (χ2v) is 7.30. The van der Waals surface area contributed by atoms with Gasteiger partial charge in [-0.1, -0.05) is 27.2 Å². The summed E-state index contributed by atoms with van der Waals surface area (Å²) in [5.41, 5.74) is 0.467. The van der Waals surface area contributed by atoms with E-state index in [-0.39, 0.29) is 0 Å². The van der Waals surface area contributed by atoms with E-state index in [2.05, 4.69) is 31.0 Å². The van der Waals surface area contributed by atoms with Gasteiger partial charge < -0.3 is 10.2 Å². The molecule has 1 saturated heterocycles. The molecule has 2 fully saturated rings. The largest absolute Gasteiger partial charge is 0.313 e. The maximum absolute atomic E-state index is 3.75. The smallest absolute Gasteiger partial charge is 0.00684 e. The summed E-state index contributed by atoms with van der Waals surface area (Å²) in [7, 11) is 0. The molecule has 2 unspecified atom stereocenters. The third kappa shape index (κ3) is 5.07. The van der Waals surface area contributed by atoms with Crippen LogP contribution in [-0.2, 0) is 0 Å². The molecule has 2 nitrogen and oxygen atoms in total. The SMILES string of the molecule is CCC1CCCN(CC(C)(CC)CNC2CC2)CC1. The van der Waals surface area contributed by atoms with Gasteiger partial charge in [-0.25, -0.2) is 0 Å². The van der Waals surface area contributed by atoms with Crippen LogP contribution in [0, 0.1) is 11.3 Å². The molecule has 2 aliphatic rings. The van der Waals surface area contributed by atoms with Crippen LogP contribution in [0.1, 0.15) is 65.7 Å². The molecule has 1 aliphatic heterocycles. The number of likely N-dealkylation sites (tertiary alicyclic amines) is 1. The Morgan fingerprint density at radius 3 is 2.53 bits per heavy atom. The minimum atomic E-state index is 0.467. The molecule has 1 aliphatic carbocycles. The lowest BCUT2D eigenvalue weighted by molar-refractivity contribution is 0.157. The fourth-order valence-corrected chi connectivity index (χ4v) is 3.30. The Bertz CT molecular complexity index is 262. The second kappa shape index (κ2) is 7.08. The molecule has 0 spiro atoms. The van der Waals surface area contributed by atoms with Gasteiger partial charge in [0.15, 0.2) is 0 Å². The molecular weight excluding hydrogens is 232 g/mol. The summed E-state index contributed by atoms with van der Waals surface area (Å²) >= 11 is 0. The lowest BCUT2D eigenvalue weighted by Gasteiger charge is -2.35. The third-order valence-electron chi connectivity index (χ3n) is 5.37. The van der Waals surface area contributed by atoms with E-state index >= 15 is 0 Å². The normalized spacial score (nSPS) is 28.9. The predicted octanol–water partition coefficient (Wildman–Crippen LogP) is 3.67. The molecule has 2 heteroatoms. The van der Waals surface area contributed by atoms with Gasteiger partial charge in [0.1, 0.15) is 0 Å². The first-order valence-corrected chi connectivity index (χ1v) is 8.61. The average Bonchev–Trinajstić information content (AvgIpc) is 3.24. The van der Waals surface area contributed by atoms with Crippen molar-refractivity contribution in [1.29, 1.82) is 0 Å². The fourth-order valence-electron chi connectivity index (χ4n) is 3.30. The molecule has 2 rings (SSSR count). The molecule has 0 aromatic carbocycles. The van der Waals surface area contributed by atoms with Gasteiger partial charge in [-0.2, -0.15) is 0 Å². The van der Waals surface area contributed by atoms with Crippen LogP contribution < -0.4 is 5.32 Å². The fraction of sp³-hybridized carbons (Fsp3) is 1.00. The van der Waals surface area contributed by atoms with E-state index in [1.165, 1.54) is 71.1 Å². The molecule has 19 heavy (non-hydrogen) atoms. The molecule has 0 amide bonds. The van der Waals surface area contributed by atoms with Gasteiger partial charge in [-0.15, -0.1) is 0 Å². The Hall–Kier alpha value is -0.0800.